The maximum atomic E-state index is 5.84. The average Bonchev–Trinajstić information content (AvgIpc) is 2.85. The van der Waals surface area contributed by atoms with Crippen LogP contribution in [0.5, 0.6) is 5.75 Å². The Kier molecular flexibility index (Phi) is 3.52. The lowest BCUT2D eigenvalue weighted by molar-refractivity contribution is 0.214. The molecule has 0 amide bonds. The van der Waals surface area contributed by atoms with Crippen LogP contribution in [0.4, 0.5) is 0 Å². The highest BCUT2D eigenvalue weighted by Gasteiger charge is 2.35. The molecule has 0 saturated heterocycles. The highest BCUT2D eigenvalue weighted by molar-refractivity contribution is 5.40. The summed E-state index contributed by atoms with van der Waals surface area (Å²) in [5.74, 6) is 7.98. The van der Waals surface area contributed by atoms with Crippen LogP contribution < -0.4 is 16.0 Å². The van der Waals surface area contributed by atoms with E-state index in [4.69, 9.17) is 10.6 Å². The van der Waals surface area contributed by atoms with Crippen molar-refractivity contribution in [3.8, 4) is 5.75 Å². The molecule has 2 unspecified atom stereocenters. The minimum atomic E-state index is 0.356. The zero-order valence-electron chi connectivity index (χ0n) is 10.8. The van der Waals surface area contributed by atoms with E-state index in [1.165, 1.54) is 37.7 Å². The van der Waals surface area contributed by atoms with Gasteiger partial charge in [-0.05, 0) is 24.8 Å². The van der Waals surface area contributed by atoms with Gasteiger partial charge in [0.05, 0.1) is 6.61 Å². The predicted molar refractivity (Wildman–Crippen MR) is 72.4 cm³/mol. The number of hydrogen-bond acceptors (Lipinski definition) is 3. The van der Waals surface area contributed by atoms with Crippen molar-refractivity contribution in [3.05, 3.63) is 29.8 Å². The maximum absolute atomic E-state index is 5.84. The third-order valence-electron chi connectivity index (χ3n) is 4.52. The summed E-state index contributed by atoms with van der Waals surface area (Å²) >= 11 is 0. The Morgan fingerprint density at radius 1 is 1.17 bits per heavy atom. The second-order valence-electron chi connectivity index (χ2n) is 5.55. The number of nitrogens with two attached hydrogens (primary N) is 1. The lowest BCUT2D eigenvalue weighted by Crippen LogP contribution is -2.46. The summed E-state index contributed by atoms with van der Waals surface area (Å²) in [4.78, 5) is 0. The van der Waals surface area contributed by atoms with Gasteiger partial charge in [0.25, 0.3) is 0 Å². The first-order valence-corrected chi connectivity index (χ1v) is 7.08. The topological polar surface area (TPSA) is 47.3 Å². The zero-order chi connectivity index (χ0) is 12.4. The van der Waals surface area contributed by atoms with Crippen molar-refractivity contribution in [1.82, 2.24) is 5.43 Å². The molecule has 18 heavy (non-hydrogen) atoms. The van der Waals surface area contributed by atoms with E-state index in [0.717, 1.165) is 12.4 Å². The third kappa shape index (κ3) is 2.13. The molecule has 1 fully saturated rings. The molecule has 98 valence electrons. The van der Waals surface area contributed by atoms with Gasteiger partial charge in [-0.25, -0.2) is 0 Å². The Labute approximate surface area is 109 Å². The van der Waals surface area contributed by atoms with Crippen LogP contribution in [0, 0.1) is 5.92 Å². The lowest BCUT2D eigenvalue weighted by Gasteiger charge is -2.33. The lowest BCUT2D eigenvalue weighted by atomic mass is 9.77. The summed E-state index contributed by atoms with van der Waals surface area (Å²) in [6.07, 6.45) is 6.67. The first-order valence-electron chi connectivity index (χ1n) is 7.08. The minimum absolute atomic E-state index is 0.356. The van der Waals surface area contributed by atoms with E-state index in [9.17, 15) is 0 Å². The zero-order valence-corrected chi connectivity index (χ0v) is 10.8. The molecule has 1 aromatic rings. The molecule has 0 bridgehead atoms. The van der Waals surface area contributed by atoms with Gasteiger partial charge >= 0.3 is 0 Å². The quantitative estimate of drug-likeness (QED) is 0.636. The van der Waals surface area contributed by atoms with Gasteiger partial charge in [0.2, 0.25) is 0 Å². The van der Waals surface area contributed by atoms with E-state index < -0.39 is 0 Å². The van der Waals surface area contributed by atoms with Crippen molar-refractivity contribution in [3.63, 3.8) is 0 Å². The molecule has 3 nitrogen and oxygen atoms in total. The Morgan fingerprint density at radius 3 is 2.72 bits per heavy atom. The smallest absolute Gasteiger partial charge is 0.122 e. The SMILES string of the molecule is NNC(C1CCCCC1)C1COc2ccccc21. The van der Waals surface area contributed by atoms with E-state index in [1.54, 1.807) is 0 Å². The highest BCUT2D eigenvalue weighted by Crippen LogP contribution is 2.40. The molecular weight excluding hydrogens is 224 g/mol. The fourth-order valence-corrected chi connectivity index (χ4v) is 3.56. The van der Waals surface area contributed by atoms with E-state index in [-0.39, 0.29) is 0 Å². The molecule has 0 radical (unpaired) electrons. The van der Waals surface area contributed by atoms with Crippen LogP contribution in [-0.4, -0.2) is 12.6 Å². The monoisotopic (exact) mass is 246 g/mol. The highest BCUT2D eigenvalue weighted by atomic mass is 16.5. The van der Waals surface area contributed by atoms with Crippen LogP contribution in [0.1, 0.15) is 43.6 Å². The molecule has 2 atom stereocenters. The van der Waals surface area contributed by atoms with Gasteiger partial charge in [-0.1, -0.05) is 37.5 Å². The van der Waals surface area contributed by atoms with E-state index in [1.807, 2.05) is 6.07 Å². The van der Waals surface area contributed by atoms with Gasteiger partial charge in [0.15, 0.2) is 0 Å². The predicted octanol–water partition coefficient (Wildman–Crippen LogP) is 2.57. The fraction of sp³-hybridized carbons (Fsp3) is 0.600. The number of benzene rings is 1. The fourth-order valence-electron chi connectivity index (χ4n) is 3.56. The van der Waals surface area contributed by atoms with Crippen molar-refractivity contribution >= 4 is 0 Å². The Balaban J connectivity index is 1.80. The van der Waals surface area contributed by atoms with Gasteiger partial charge in [-0.15, -0.1) is 0 Å². The second-order valence-corrected chi connectivity index (χ2v) is 5.55. The molecule has 1 aromatic carbocycles. The van der Waals surface area contributed by atoms with Gasteiger partial charge in [-0.2, -0.15) is 0 Å². The van der Waals surface area contributed by atoms with Crippen molar-refractivity contribution in [2.75, 3.05) is 6.61 Å². The van der Waals surface area contributed by atoms with E-state index in [2.05, 4.69) is 23.6 Å². The summed E-state index contributed by atoms with van der Waals surface area (Å²) in [7, 11) is 0. The number of hydrogen-bond donors (Lipinski definition) is 2. The molecule has 3 heteroatoms. The Hall–Kier alpha value is -1.06. The van der Waals surface area contributed by atoms with Crippen LogP contribution in [0.15, 0.2) is 24.3 Å². The van der Waals surface area contributed by atoms with Gasteiger partial charge in [0.1, 0.15) is 5.75 Å². The van der Waals surface area contributed by atoms with Gasteiger partial charge in [0, 0.05) is 17.5 Å². The molecule has 1 aliphatic heterocycles. The molecule has 0 spiro atoms. The number of rotatable bonds is 3. The molecule has 2 aliphatic rings. The van der Waals surface area contributed by atoms with Gasteiger partial charge < -0.3 is 4.74 Å². The molecule has 1 heterocycles. The van der Waals surface area contributed by atoms with Crippen LogP contribution in [0.3, 0.4) is 0 Å². The number of ether oxygens (including phenoxy) is 1. The Morgan fingerprint density at radius 2 is 1.94 bits per heavy atom. The van der Waals surface area contributed by atoms with Crippen molar-refractivity contribution in [2.24, 2.45) is 11.8 Å². The molecule has 0 aromatic heterocycles. The summed E-state index contributed by atoms with van der Waals surface area (Å²) in [6, 6.07) is 8.72. The molecule has 3 N–H and O–H groups in total. The largest absolute Gasteiger partial charge is 0.493 e. The summed E-state index contributed by atoms with van der Waals surface area (Å²) < 4.78 is 5.79. The summed E-state index contributed by atoms with van der Waals surface area (Å²) in [5.41, 5.74) is 4.40. The van der Waals surface area contributed by atoms with E-state index in [0.29, 0.717) is 17.9 Å². The minimum Gasteiger partial charge on any atom is -0.493 e. The number of fused-ring (bicyclic) bond motifs is 1. The first kappa shape index (κ1) is 12.0. The summed E-state index contributed by atoms with van der Waals surface area (Å²) in [5, 5.41) is 0. The second kappa shape index (κ2) is 5.29. The third-order valence-corrected chi connectivity index (χ3v) is 4.52. The summed E-state index contributed by atoms with van der Waals surface area (Å²) in [6.45, 7) is 0.769. The van der Waals surface area contributed by atoms with Crippen molar-refractivity contribution < 1.29 is 4.74 Å². The van der Waals surface area contributed by atoms with E-state index >= 15 is 0 Å². The van der Waals surface area contributed by atoms with Crippen molar-refractivity contribution in [1.29, 1.82) is 0 Å². The average molecular weight is 246 g/mol. The molecule has 1 aliphatic carbocycles. The molecule has 3 rings (SSSR count). The molecule has 1 saturated carbocycles. The standard InChI is InChI=1S/C15H22N2O/c16-17-15(11-6-2-1-3-7-11)13-10-18-14-9-5-4-8-12(13)14/h4-5,8-9,11,13,15,17H,1-3,6-7,10,16H2. The first-order chi connectivity index (χ1) is 8.90. The number of para-hydroxylation sites is 1. The Bertz CT molecular complexity index is 401. The number of hydrazine groups is 1. The van der Waals surface area contributed by atoms with Gasteiger partial charge in [-0.3, -0.25) is 11.3 Å². The molecular formula is C15H22N2O. The van der Waals surface area contributed by atoms with Crippen LogP contribution >= 0.6 is 0 Å². The normalized spacial score (nSPS) is 25.5. The van der Waals surface area contributed by atoms with Crippen LogP contribution in [0.2, 0.25) is 0 Å². The van der Waals surface area contributed by atoms with Crippen LogP contribution in [0.25, 0.3) is 0 Å². The number of nitrogens with one attached hydrogen (secondary N) is 1. The maximum Gasteiger partial charge on any atom is 0.122 e. The van der Waals surface area contributed by atoms with Crippen molar-refractivity contribution in [2.45, 2.75) is 44.1 Å². The van der Waals surface area contributed by atoms with Crippen LogP contribution in [-0.2, 0) is 0 Å².